The standard InChI is InChI=1S/C24H26N2O7S/c1-4-33-20-12-15(10-11-19(20)32-2)18(13-34(3,30)31)26-23(28)16-6-5-7-17(21(16)24(26)29)25-22(27)14-8-9-14/h5-7,10-12,14,18H,4,8-9,13H2,1-3H3,(H,25,27)/i2D3. The van der Waals surface area contributed by atoms with Crippen LogP contribution in [0.4, 0.5) is 5.69 Å². The Bertz CT molecular complexity index is 1370. The van der Waals surface area contributed by atoms with Gasteiger partial charge in [-0.05, 0) is 49.6 Å². The molecule has 0 aromatic heterocycles. The van der Waals surface area contributed by atoms with Crippen molar-refractivity contribution in [2.75, 3.05) is 31.0 Å². The van der Waals surface area contributed by atoms with Crippen LogP contribution in [-0.4, -0.2) is 56.7 Å². The lowest BCUT2D eigenvalue weighted by Crippen LogP contribution is -2.37. The summed E-state index contributed by atoms with van der Waals surface area (Å²) >= 11 is 0. The molecule has 9 nitrogen and oxygen atoms in total. The number of rotatable bonds is 9. The van der Waals surface area contributed by atoms with E-state index in [9.17, 15) is 22.8 Å². The van der Waals surface area contributed by atoms with Crippen molar-refractivity contribution in [3.63, 3.8) is 0 Å². The summed E-state index contributed by atoms with van der Waals surface area (Å²) in [6.07, 6.45) is 2.48. The van der Waals surface area contributed by atoms with Crippen LogP contribution < -0.4 is 14.8 Å². The average molecular weight is 490 g/mol. The Morgan fingerprint density at radius 1 is 1.21 bits per heavy atom. The van der Waals surface area contributed by atoms with Crippen LogP contribution in [0.25, 0.3) is 0 Å². The fraction of sp³-hybridized carbons (Fsp3) is 0.375. The van der Waals surface area contributed by atoms with E-state index in [1.54, 1.807) is 6.92 Å². The van der Waals surface area contributed by atoms with Crippen LogP contribution in [0, 0.1) is 5.92 Å². The smallest absolute Gasteiger partial charge is 0.264 e. The number of imide groups is 1. The topological polar surface area (TPSA) is 119 Å². The van der Waals surface area contributed by atoms with Crippen molar-refractivity contribution in [3.05, 3.63) is 53.1 Å². The second-order valence-corrected chi connectivity index (χ2v) is 10.5. The zero-order valence-electron chi connectivity index (χ0n) is 21.7. The molecular formula is C24H26N2O7S. The van der Waals surface area contributed by atoms with Crippen molar-refractivity contribution in [2.24, 2.45) is 5.92 Å². The van der Waals surface area contributed by atoms with E-state index in [0.717, 1.165) is 24.0 Å². The molecular weight excluding hydrogens is 460 g/mol. The number of ether oxygens (including phenoxy) is 2. The van der Waals surface area contributed by atoms with E-state index in [0.29, 0.717) is 0 Å². The van der Waals surface area contributed by atoms with E-state index in [4.69, 9.17) is 13.6 Å². The third-order valence-corrected chi connectivity index (χ3v) is 6.61. The summed E-state index contributed by atoms with van der Waals surface area (Å²) in [7, 11) is -6.48. The SMILES string of the molecule is [2H]C([2H])([2H])Oc1ccc(C(CS(C)(=O)=O)N2C(=O)c3cccc(NC(=O)C4CC4)c3C2=O)cc1OCC. The van der Waals surface area contributed by atoms with Gasteiger partial charge in [0.15, 0.2) is 11.5 Å². The van der Waals surface area contributed by atoms with E-state index < -0.39 is 40.5 Å². The molecule has 1 atom stereocenters. The molecule has 1 unspecified atom stereocenters. The number of methoxy groups -OCH3 is 1. The van der Waals surface area contributed by atoms with Crippen LogP contribution in [0.5, 0.6) is 11.5 Å². The molecule has 1 aliphatic carbocycles. The van der Waals surface area contributed by atoms with Crippen molar-refractivity contribution in [1.29, 1.82) is 0 Å². The summed E-state index contributed by atoms with van der Waals surface area (Å²) in [5.74, 6) is -2.51. The van der Waals surface area contributed by atoms with Gasteiger partial charge in [-0.15, -0.1) is 0 Å². The van der Waals surface area contributed by atoms with E-state index in [-0.39, 0.29) is 52.3 Å². The molecule has 0 radical (unpaired) electrons. The predicted octanol–water partition coefficient (Wildman–Crippen LogP) is 2.82. The molecule has 2 aromatic carbocycles. The molecule has 4 rings (SSSR count). The van der Waals surface area contributed by atoms with Crippen LogP contribution in [0.1, 0.15) is 56.2 Å². The fourth-order valence-electron chi connectivity index (χ4n) is 3.96. The molecule has 1 N–H and O–H groups in total. The molecule has 2 aromatic rings. The number of nitrogens with zero attached hydrogens (tertiary/aromatic N) is 1. The summed E-state index contributed by atoms with van der Waals surface area (Å²) in [4.78, 5) is 40.2. The van der Waals surface area contributed by atoms with Crippen LogP contribution in [0.2, 0.25) is 0 Å². The summed E-state index contributed by atoms with van der Waals surface area (Å²) < 4.78 is 57.4. The molecule has 1 fully saturated rings. The number of hydrogen-bond acceptors (Lipinski definition) is 7. The summed E-state index contributed by atoms with van der Waals surface area (Å²) in [5, 5.41) is 2.71. The second-order valence-electron chi connectivity index (χ2n) is 8.32. The Morgan fingerprint density at radius 3 is 2.62 bits per heavy atom. The summed E-state index contributed by atoms with van der Waals surface area (Å²) in [6.45, 7) is 1.82. The van der Waals surface area contributed by atoms with E-state index in [1.807, 2.05) is 0 Å². The molecule has 34 heavy (non-hydrogen) atoms. The van der Waals surface area contributed by atoms with Gasteiger partial charge in [0.05, 0.1) is 46.4 Å². The molecule has 180 valence electrons. The average Bonchev–Trinajstić information content (AvgIpc) is 3.60. The predicted molar refractivity (Wildman–Crippen MR) is 125 cm³/mol. The molecule has 3 amide bonds. The quantitative estimate of drug-likeness (QED) is 0.538. The van der Waals surface area contributed by atoms with Crippen molar-refractivity contribution >= 4 is 33.2 Å². The zero-order valence-corrected chi connectivity index (χ0v) is 19.5. The van der Waals surface area contributed by atoms with E-state index in [1.165, 1.54) is 36.4 Å². The normalized spacial score (nSPS) is 17.9. The number of anilines is 1. The van der Waals surface area contributed by atoms with Gasteiger partial charge in [-0.3, -0.25) is 19.3 Å². The Balaban J connectivity index is 1.76. The molecule has 1 aliphatic heterocycles. The number of carbonyl (C=O) groups excluding carboxylic acids is 3. The lowest BCUT2D eigenvalue weighted by molar-refractivity contribution is -0.117. The van der Waals surface area contributed by atoms with Gasteiger partial charge < -0.3 is 14.8 Å². The largest absolute Gasteiger partial charge is 0.493 e. The highest BCUT2D eigenvalue weighted by Crippen LogP contribution is 2.39. The fourth-order valence-corrected chi connectivity index (χ4v) is 4.88. The number of hydrogen-bond donors (Lipinski definition) is 1. The molecule has 10 heteroatoms. The second kappa shape index (κ2) is 9.09. The first-order valence-corrected chi connectivity index (χ1v) is 12.8. The number of benzene rings is 2. The van der Waals surface area contributed by atoms with Crippen LogP contribution in [0.3, 0.4) is 0 Å². The molecule has 1 heterocycles. The number of sulfone groups is 1. The van der Waals surface area contributed by atoms with Gasteiger partial charge in [-0.25, -0.2) is 8.42 Å². The lowest BCUT2D eigenvalue weighted by atomic mass is 10.1. The van der Waals surface area contributed by atoms with Crippen LogP contribution in [-0.2, 0) is 14.6 Å². The molecule has 0 spiro atoms. The van der Waals surface area contributed by atoms with Crippen molar-refractivity contribution < 1.29 is 36.4 Å². The minimum absolute atomic E-state index is 0.00705. The third kappa shape index (κ3) is 4.63. The Labute approximate surface area is 202 Å². The van der Waals surface area contributed by atoms with Gasteiger partial charge >= 0.3 is 0 Å². The summed E-state index contributed by atoms with van der Waals surface area (Å²) in [5.41, 5.74) is 0.450. The maximum atomic E-state index is 13.6. The Kier molecular flexibility index (Phi) is 5.35. The summed E-state index contributed by atoms with van der Waals surface area (Å²) in [6, 6.07) is 7.29. The monoisotopic (exact) mass is 489 g/mol. The third-order valence-electron chi connectivity index (χ3n) is 5.69. The number of carbonyl (C=O) groups is 3. The first-order chi connectivity index (χ1) is 17.3. The Morgan fingerprint density at radius 2 is 1.97 bits per heavy atom. The van der Waals surface area contributed by atoms with Gasteiger partial charge in [0.1, 0.15) is 9.84 Å². The number of fused-ring (bicyclic) bond motifs is 1. The molecule has 0 saturated heterocycles. The van der Waals surface area contributed by atoms with Crippen LogP contribution in [0.15, 0.2) is 36.4 Å². The molecule has 2 aliphatic rings. The zero-order chi connectivity index (χ0) is 27.1. The minimum Gasteiger partial charge on any atom is -0.493 e. The Hall–Kier alpha value is -3.40. The molecule has 1 saturated carbocycles. The number of nitrogens with one attached hydrogen (secondary N) is 1. The maximum Gasteiger partial charge on any atom is 0.264 e. The van der Waals surface area contributed by atoms with Crippen molar-refractivity contribution in [1.82, 2.24) is 4.90 Å². The van der Waals surface area contributed by atoms with Gasteiger partial charge in [0.25, 0.3) is 11.8 Å². The molecule has 0 bridgehead atoms. The van der Waals surface area contributed by atoms with Gasteiger partial charge in [-0.1, -0.05) is 12.1 Å². The van der Waals surface area contributed by atoms with Gasteiger partial charge in [0, 0.05) is 12.2 Å². The highest BCUT2D eigenvalue weighted by Gasteiger charge is 2.44. The minimum atomic E-state index is -3.72. The van der Waals surface area contributed by atoms with Gasteiger partial charge in [-0.2, -0.15) is 0 Å². The first-order valence-electron chi connectivity index (χ1n) is 12.2. The highest BCUT2D eigenvalue weighted by atomic mass is 32.2. The van der Waals surface area contributed by atoms with Crippen molar-refractivity contribution in [3.8, 4) is 11.5 Å². The van der Waals surface area contributed by atoms with Crippen LogP contribution >= 0.6 is 0 Å². The lowest BCUT2D eigenvalue weighted by Gasteiger charge is -2.27. The first kappa shape index (κ1) is 20.0. The number of amides is 3. The highest BCUT2D eigenvalue weighted by molar-refractivity contribution is 7.90. The van der Waals surface area contributed by atoms with E-state index >= 15 is 0 Å². The van der Waals surface area contributed by atoms with E-state index in [2.05, 4.69) is 5.32 Å². The van der Waals surface area contributed by atoms with Gasteiger partial charge in [0.2, 0.25) is 5.91 Å². The van der Waals surface area contributed by atoms with Crippen molar-refractivity contribution in [2.45, 2.75) is 25.8 Å². The maximum absolute atomic E-state index is 13.6.